The second-order valence-electron chi connectivity index (χ2n) is 7.68. The summed E-state index contributed by atoms with van der Waals surface area (Å²) in [7, 11) is 1.91. The number of carbonyl (C=O) groups is 1. The maximum absolute atomic E-state index is 13.5. The van der Waals surface area contributed by atoms with Crippen molar-refractivity contribution in [2.45, 2.75) is 64.6 Å². The Morgan fingerprint density at radius 2 is 1.96 bits per heavy atom. The van der Waals surface area contributed by atoms with E-state index in [4.69, 9.17) is 4.74 Å². The van der Waals surface area contributed by atoms with Gasteiger partial charge in [-0.15, -0.1) is 0 Å². The van der Waals surface area contributed by atoms with Gasteiger partial charge in [-0.1, -0.05) is 31.4 Å². The maximum atomic E-state index is 13.5. The molecule has 0 bridgehead atoms. The highest BCUT2D eigenvalue weighted by Crippen LogP contribution is 2.39. The van der Waals surface area contributed by atoms with Gasteiger partial charge in [-0.3, -0.25) is 9.48 Å². The quantitative estimate of drug-likeness (QED) is 0.832. The molecule has 5 heteroatoms. The van der Waals surface area contributed by atoms with Crippen LogP contribution in [0.2, 0.25) is 0 Å². The third-order valence-electron chi connectivity index (χ3n) is 5.62. The van der Waals surface area contributed by atoms with Crippen LogP contribution in [0.4, 0.5) is 0 Å². The van der Waals surface area contributed by atoms with Crippen molar-refractivity contribution in [3.63, 3.8) is 0 Å². The molecule has 0 spiro atoms. The number of para-hydroxylation sites is 1. The van der Waals surface area contributed by atoms with Crippen molar-refractivity contribution < 1.29 is 9.53 Å². The highest BCUT2D eigenvalue weighted by Gasteiger charge is 2.34. The minimum Gasteiger partial charge on any atom is -0.488 e. The fourth-order valence-corrected chi connectivity index (χ4v) is 4.45. The van der Waals surface area contributed by atoms with Gasteiger partial charge in [-0.05, 0) is 38.8 Å². The number of benzene rings is 1. The maximum Gasteiger partial charge on any atom is 0.275 e. The van der Waals surface area contributed by atoms with E-state index in [2.05, 4.69) is 23.8 Å². The summed E-state index contributed by atoms with van der Waals surface area (Å²) >= 11 is 0. The zero-order chi connectivity index (χ0) is 18.3. The lowest BCUT2D eigenvalue weighted by atomic mass is 9.92. The lowest BCUT2D eigenvalue weighted by molar-refractivity contribution is 0.0545. The average molecular weight is 353 g/mol. The molecule has 1 aliphatic carbocycles. The van der Waals surface area contributed by atoms with Crippen molar-refractivity contribution in [3.8, 4) is 17.0 Å². The molecule has 5 nitrogen and oxygen atoms in total. The van der Waals surface area contributed by atoms with Crippen LogP contribution in [0.1, 0.15) is 62.0 Å². The number of rotatable bonds is 3. The van der Waals surface area contributed by atoms with E-state index in [-0.39, 0.29) is 11.9 Å². The molecule has 0 radical (unpaired) electrons. The Kier molecular flexibility index (Phi) is 4.47. The highest BCUT2D eigenvalue weighted by atomic mass is 16.5. The number of aromatic nitrogens is 2. The Balaban J connectivity index is 1.73. The highest BCUT2D eigenvalue weighted by molar-refractivity contribution is 5.96. The van der Waals surface area contributed by atoms with Crippen LogP contribution in [0.5, 0.6) is 5.75 Å². The van der Waals surface area contributed by atoms with Crippen molar-refractivity contribution in [1.29, 1.82) is 0 Å². The summed E-state index contributed by atoms with van der Waals surface area (Å²) in [5, 5.41) is 4.63. The third-order valence-corrected chi connectivity index (χ3v) is 5.62. The van der Waals surface area contributed by atoms with E-state index in [0.29, 0.717) is 18.3 Å². The molecular weight excluding hydrogens is 326 g/mol. The number of hydrogen-bond acceptors (Lipinski definition) is 3. The molecule has 2 aliphatic rings. The first-order valence-electron chi connectivity index (χ1n) is 9.68. The first-order chi connectivity index (χ1) is 12.6. The van der Waals surface area contributed by atoms with Gasteiger partial charge >= 0.3 is 0 Å². The Morgan fingerprint density at radius 1 is 1.23 bits per heavy atom. The number of nitrogens with zero attached hydrogens (tertiary/aromatic N) is 3. The zero-order valence-electron chi connectivity index (χ0n) is 15.9. The zero-order valence-corrected chi connectivity index (χ0v) is 15.9. The van der Waals surface area contributed by atoms with E-state index in [1.54, 1.807) is 0 Å². The number of amides is 1. The number of ether oxygens (including phenoxy) is 1. The van der Waals surface area contributed by atoms with Crippen molar-refractivity contribution in [2.24, 2.45) is 7.05 Å². The molecular formula is C21H27N3O2. The molecule has 0 saturated heterocycles. The van der Waals surface area contributed by atoms with Gasteiger partial charge in [0.15, 0.2) is 5.69 Å². The van der Waals surface area contributed by atoms with Crippen LogP contribution in [0.15, 0.2) is 24.3 Å². The molecule has 1 fully saturated rings. The molecule has 138 valence electrons. The SMILES string of the molecule is CC(C)N(C(=O)c1nn(C)c2c1COc1ccccc1-2)C1CCCCC1. The van der Waals surface area contributed by atoms with Gasteiger partial charge in [0.2, 0.25) is 0 Å². The van der Waals surface area contributed by atoms with Crippen molar-refractivity contribution >= 4 is 5.91 Å². The molecule has 0 N–H and O–H groups in total. The summed E-state index contributed by atoms with van der Waals surface area (Å²) in [4.78, 5) is 15.5. The van der Waals surface area contributed by atoms with Crippen molar-refractivity contribution in [3.05, 3.63) is 35.5 Å². The summed E-state index contributed by atoms with van der Waals surface area (Å²) in [6, 6.07) is 8.45. The van der Waals surface area contributed by atoms with E-state index in [1.165, 1.54) is 19.3 Å². The molecule has 4 rings (SSSR count). The molecule has 2 aromatic rings. The van der Waals surface area contributed by atoms with Gasteiger partial charge in [-0.25, -0.2) is 0 Å². The smallest absolute Gasteiger partial charge is 0.275 e. The van der Waals surface area contributed by atoms with Crippen LogP contribution < -0.4 is 4.74 Å². The van der Waals surface area contributed by atoms with Gasteiger partial charge in [0.1, 0.15) is 12.4 Å². The molecule has 1 aromatic heterocycles. The second-order valence-corrected chi connectivity index (χ2v) is 7.68. The molecule has 1 amide bonds. The molecule has 1 aromatic carbocycles. The number of hydrogen-bond donors (Lipinski definition) is 0. The summed E-state index contributed by atoms with van der Waals surface area (Å²) in [6.07, 6.45) is 5.88. The first-order valence-corrected chi connectivity index (χ1v) is 9.68. The van der Waals surface area contributed by atoms with E-state index in [0.717, 1.165) is 35.4 Å². The number of aryl methyl sites for hydroxylation is 1. The van der Waals surface area contributed by atoms with Gasteiger partial charge in [-0.2, -0.15) is 5.10 Å². The van der Waals surface area contributed by atoms with Crippen LogP contribution in [0.3, 0.4) is 0 Å². The molecule has 0 unspecified atom stereocenters. The summed E-state index contributed by atoms with van der Waals surface area (Å²) in [6.45, 7) is 4.61. The normalized spacial score (nSPS) is 16.8. The monoisotopic (exact) mass is 353 g/mol. The third kappa shape index (κ3) is 2.79. The number of fused-ring (bicyclic) bond motifs is 3. The second kappa shape index (κ2) is 6.78. The van der Waals surface area contributed by atoms with E-state index in [1.807, 2.05) is 36.0 Å². The van der Waals surface area contributed by atoms with Crippen molar-refractivity contribution in [1.82, 2.24) is 14.7 Å². The molecule has 1 aliphatic heterocycles. The van der Waals surface area contributed by atoms with Crippen LogP contribution >= 0.6 is 0 Å². The van der Waals surface area contributed by atoms with Crippen LogP contribution in [-0.2, 0) is 13.7 Å². The largest absolute Gasteiger partial charge is 0.488 e. The predicted molar refractivity (Wildman–Crippen MR) is 101 cm³/mol. The minimum atomic E-state index is 0.0479. The summed E-state index contributed by atoms with van der Waals surface area (Å²) in [5.74, 6) is 0.904. The molecule has 2 heterocycles. The first kappa shape index (κ1) is 17.1. The average Bonchev–Trinajstić information content (AvgIpc) is 3.00. The molecule has 0 atom stereocenters. The van der Waals surface area contributed by atoms with Gasteiger partial charge in [0.05, 0.1) is 5.69 Å². The minimum absolute atomic E-state index is 0.0479. The molecule has 26 heavy (non-hydrogen) atoms. The van der Waals surface area contributed by atoms with E-state index < -0.39 is 0 Å². The fourth-order valence-electron chi connectivity index (χ4n) is 4.45. The Labute approximate surface area is 154 Å². The van der Waals surface area contributed by atoms with Crippen LogP contribution in [-0.4, -0.2) is 32.7 Å². The summed E-state index contributed by atoms with van der Waals surface area (Å²) < 4.78 is 7.75. The topological polar surface area (TPSA) is 47.4 Å². The lowest BCUT2D eigenvalue weighted by Crippen LogP contribution is -2.46. The summed E-state index contributed by atoms with van der Waals surface area (Å²) in [5.41, 5.74) is 3.48. The van der Waals surface area contributed by atoms with Gasteiger partial charge < -0.3 is 9.64 Å². The van der Waals surface area contributed by atoms with Crippen LogP contribution in [0, 0.1) is 0 Å². The van der Waals surface area contributed by atoms with Crippen molar-refractivity contribution in [2.75, 3.05) is 0 Å². The van der Waals surface area contributed by atoms with Gasteiger partial charge in [0, 0.05) is 30.3 Å². The lowest BCUT2D eigenvalue weighted by Gasteiger charge is -2.37. The number of carbonyl (C=O) groups excluding carboxylic acids is 1. The fraction of sp³-hybridized carbons (Fsp3) is 0.524. The Hall–Kier alpha value is -2.30. The van der Waals surface area contributed by atoms with E-state index >= 15 is 0 Å². The van der Waals surface area contributed by atoms with Gasteiger partial charge in [0.25, 0.3) is 5.91 Å². The molecule has 1 saturated carbocycles. The Bertz CT molecular complexity index is 819. The Morgan fingerprint density at radius 3 is 2.69 bits per heavy atom. The van der Waals surface area contributed by atoms with Crippen LogP contribution in [0.25, 0.3) is 11.3 Å². The standard InChI is InChI=1S/C21H27N3O2/c1-14(2)24(15-9-5-4-6-10-15)21(25)19-17-13-26-18-12-8-7-11-16(18)20(17)23(3)22-19/h7-8,11-12,14-15H,4-6,9-10,13H2,1-3H3. The van der Waals surface area contributed by atoms with E-state index in [9.17, 15) is 4.79 Å². The predicted octanol–water partition coefficient (Wildman–Crippen LogP) is 4.16.